The maximum atomic E-state index is 9.08. The van der Waals surface area contributed by atoms with Crippen LogP contribution in [0.25, 0.3) is 94.5 Å². The number of fused-ring (bicyclic) bond motifs is 4. The van der Waals surface area contributed by atoms with Crippen LogP contribution in [-0.4, -0.2) is 14.1 Å². The van der Waals surface area contributed by atoms with Gasteiger partial charge in [0.25, 0.3) is 6.33 Å². The molecule has 0 fully saturated rings. The van der Waals surface area contributed by atoms with Crippen molar-refractivity contribution in [1.82, 2.24) is 14.1 Å². The molecule has 0 spiro atoms. The van der Waals surface area contributed by atoms with Gasteiger partial charge in [-0.2, -0.15) is 0 Å². The largest absolute Gasteiger partial charge is 0.458 e. The molecule has 3 aromatic heterocycles. The van der Waals surface area contributed by atoms with Gasteiger partial charge in [0.05, 0.1) is 47.1 Å². The number of hydrogen-bond acceptors (Lipinski definition) is 2. The zero-order valence-electron chi connectivity index (χ0n) is 48.6. The third-order valence-corrected chi connectivity index (χ3v) is 12.5. The highest BCUT2D eigenvalue weighted by Gasteiger charge is 2.22. The number of imidazole rings is 1. The van der Waals surface area contributed by atoms with Crippen LogP contribution in [0.5, 0.6) is 11.5 Å². The number of aromatic nitrogens is 4. The summed E-state index contributed by atoms with van der Waals surface area (Å²) in [7, 11) is 0. The first-order valence-electron chi connectivity index (χ1n) is 28.2. The van der Waals surface area contributed by atoms with Crippen LogP contribution in [-0.2, 0) is 6.42 Å². The van der Waals surface area contributed by atoms with E-state index in [-0.39, 0.29) is 33.4 Å². The predicted octanol–water partition coefficient (Wildman–Crippen LogP) is 16.2. The zero-order valence-corrected chi connectivity index (χ0v) is 38.6. The maximum absolute atomic E-state index is 9.08. The molecule has 9 aromatic carbocycles. The van der Waals surface area contributed by atoms with Gasteiger partial charge in [-0.3, -0.25) is 13.7 Å². The first-order valence-corrected chi connectivity index (χ1v) is 23.2. The lowest BCUT2D eigenvalue weighted by atomic mass is 9.85. The molecule has 0 bridgehead atoms. The molecule has 3 heterocycles. The van der Waals surface area contributed by atoms with E-state index in [0.717, 1.165) is 56.3 Å². The Labute approximate surface area is 422 Å². The summed E-state index contributed by atoms with van der Waals surface area (Å²) < 4.78 is 100. The Morgan fingerprint density at radius 2 is 1.19 bits per heavy atom. The zero-order chi connectivity index (χ0) is 55.9. The van der Waals surface area contributed by atoms with Gasteiger partial charge < -0.3 is 4.74 Å². The fourth-order valence-corrected chi connectivity index (χ4v) is 9.52. The lowest BCUT2D eigenvalue weighted by molar-refractivity contribution is -0.571. The maximum Gasteiger partial charge on any atom is 0.269 e. The smallest absolute Gasteiger partial charge is 0.269 e. The van der Waals surface area contributed by atoms with Crippen LogP contribution in [0.15, 0.2) is 236 Å². The normalized spacial score (nSPS) is 13.7. The number of para-hydroxylation sites is 3. The van der Waals surface area contributed by atoms with E-state index < -0.39 is 60.4 Å². The van der Waals surface area contributed by atoms with E-state index in [0.29, 0.717) is 28.2 Å². The van der Waals surface area contributed by atoms with Gasteiger partial charge in [0, 0.05) is 28.6 Å². The molecule has 0 saturated heterocycles. The second-order valence-electron chi connectivity index (χ2n) is 18.5. The van der Waals surface area contributed by atoms with Crippen LogP contribution < -0.4 is 9.30 Å². The van der Waals surface area contributed by atoms with Crippen molar-refractivity contribution >= 4 is 32.8 Å². The molecule has 12 rings (SSSR count). The van der Waals surface area contributed by atoms with E-state index in [2.05, 4.69) is 98.4 Å². The number of benzene rings is 9. The second kappa shape index (κ2) is 17.7. The number of pyridine rings is 1. The molecule has 0 aliphatic rings. The van der Waals surface area contributed by atoms with E-state index in [9.17, 15) is 0 Å². The molecule has 12 aromatic rings. The summed E-state index contributed by atoms with van der Waals surface area (Å²) in [4.78, 5) is 5.19. The quantitative estimate of drug-likeness (QED) is 0.101. The van der Waals surface area contributed by atoms with Crippen molar-refractivity contribution in [2.24, 2.45) is 5.41 Å². The Morgan fingerprint density at radius 3 is 1.90 bits per heavy atom. The van der Waals surface area contributed by atoms with Crippen LogP contribution in [0, 0.1) is 11.7 Å². The summed E-state index contributed by atoms with van der Waals surface area (Å²) in [6, 6.07) is 50.0. The molecular weight excluding hydrogens is 853 g/mol. The van der Waals surface area contributed by atoms with Crippen molar-refractivity contribution in [2.45, 2.75) is 27.2 Å². The lowest BCUT2D eigenvalue weighted by Gasteiger charge is -2.21. The van der Waals surface area contributed by atoms with E-state index >= 15 is 0 Å². The van der Waals surface area contributed by atoms with Gasteiger partial charge in [0.15, 0.2) is 0 Å². The van der Waals surface area contributed by atoms with Gasteiger partial charge in [-0.25, -0.2) is 4.98 Å². The molecule has 0 aliphatic carbocycles. The Bertz CT molecular complexity index is 4330. The van der Waals surface area contributed by atoms with Gasteiger partial charge in [0.1, 0.15) is 17.3 Å². The van der Waals surface area contributed by atoms with Crippen molar-refractivity contribution < 1.29 is 23.0 Å². The van der Waals surface area contributed by atoms with E-state index in [1.165, 1.54) is 5.56 Å². The van der Waals surface area contributed by atoms with Gasteiger partial charge in [-0.1, -0.05) is 196 Å². The topological polar surface area (TPSA) is 35.9 Å². The summed E-state index contributed by atoms with van der Waals surface area (Å²) in [6.07, 6.45) is 6.28. The summed E-state index contributed by atoms with van der Waals surface area (Å²) >= 11 is 0. The second-order valence-corrected chi connectivity index (χ2v) is 18.5. The number of nitrogens with zero attached hydrogens (tertiary/aromatic N) is 4. The van der Waals surface area contributed by atoms with Crippen molar-refractivity contribution in [3.8, 4) is 73.2 Å². The SMILES string of the molecule is [2H]c1c([2H])c([2H])c(-c2cccc(-c3c([2H])c([2H])c([2H])c([2H])c3[2H])c2-[n+]2[c-]n(-c3cccc(Oc4ccc5c6cc(-c7ccccc7)ccc6n(-c6cc(CC(C)(C)C)c(-c7ccccc7)cn6)c5c4)c3)c3ccccc32)c([2H])c1[2H]. The molecule has 70 heavy (non-hydrogen) atoms. The third kappa shape index (κ3) is 8.01. The molecule has 5 nitrogen and oxygen atoms in total. The Hall–Kier alpha value is -8.80. The molecule has 0 aliphatic heterocycles. The van der Waals surface area contributed by atoms with E-state index in [1.54, 1.807) is 27.3 Å². The Kier molecular flexibility index (Phi) is 8.30. The minimum atomic E-state index is -0.569. The van der Waals surface area contributed by atoms with Crippen LogP contribution in [0.2, 0.25) is 0 Å². The highest BCUT2D eigenvalue weighted by Crippen LogP contribution is 2.40. The summed E-state index contributed by atoms with van der Waals surface area (Å²) in [5.74, 6) is 1.86. The van der Waals surface area contributed by atoms with Crippen LogP contribution in [0.3, 0.4) is 0 Å². The highest BCUT2D eigenvalue weighted by molar-refractivity contribution is 6.10. The molecule has 0 saturated carbocycles. The third-order valence-electron chi connectivity index (χ3n) is 12.5. The summed E-state index contributed by atoms with van der Waals surface area (Å²) in [5.41, 5.74) is 9.52. The van der Waals surface area contributed by atoms with Gasteiger partial charge in [-0.05, 0) is 105 Å². The van der Waals surface area contributed by atoms with Gasteiger partial charge >= 0.3 is 0 Å². The highest BCUT2D eigenvalue weighted by atomic mass is 16.5. The molecule has 0 radical (unpaired) electrons. The molecule has 336 valence electrons. The molecule has 0 amide bonds. The Morgan fingerprint density at radius 1 is 0.529 bits per heavy atom. The first-order chi connectivity index (χ1) is 38.5. The van der Waals surface area contributed by atoms with Crippen molar-refractivity contribution in [3.63, 3.8) is 0 Å². The van der Waals surface area contributed by atoms with E-state index in [1.807, 2.05) is 91.1 Å². The standard InChI is InChI=1S/C65H50N4O/c1-65(2,3)42-50-39-63(66-43-58(50)48-26-14-7-15-27-48)69-59-37-34-49(45-20-8-4-9-21-45)38-57(59)56-36-35-53(41-62(56)69)70-52-29-18-28-51(40-52)67-44-68(61-33-17-16-32-60(61)67)64-54(46-22-10-5-11-23-46)30-19-31-55(64)47-24-12-6-13-25-47/h4-41,43H,42H2,1-3H3/i5D,6D,10D,11D,12D,13D,22D,23D,24D,25D. The fourth-order valence-electron chi connectivity index (χ4n) is 9.52. The molecule has 0 N–H and O–H groups in total. The molecule has 0 atom stereocenters. The fraction of sp³-hybridized carbons (Fsp3) is 0.0769. The number of rotatable bonds is 10. The molecule has 5 heteroatoms. The number of ether oxygens (including phenoxy) is 1. The monoisotopic (exact) mass is 912 g/mol. The lowest BCUT2D eigenvalue weighted by Crippen LogP contribution is -2.31. The van der Waals surface area contributed by atoms with Gasteiger partial charge in [-0.15, -0.1) is 0 Å². The predicted molar refractivity (Wildman–Crippen MR) is 287 cm³/mol. The molecular formula is C65H50N4O. The van der Waals surface area contributed by atoms with Crippen molar-refractivity contribution in [1.29, 1.82) is 0 Å². The van der Waals surface area contributed by atoms with Crippen molar-refractivity contribution in [2.75, 3.05) is 0 Å². The Balaban J connectivity index is 1.01. The first kappa shape index (κ1) is 32.8. The minimum Gasteiger partial charge on any atom is -0.458 e. The molecule has 0 unspecified atom stereocenters. The van der Waals surface area contributed by atoms with Crippen molar-refractivity contribution in [3.05, 3.63) is 248 Å². The summed E-state index contributed by atoms with van der Waals surface area (Å²) in [6.45, 7) is 6.74. The average molecular weight is 913 g/mol. The average Bonchev–Trinajstić information content (AvgIpc) is 3.81. The summed E-state index contributed by atoms with van der Waals surface area (Å²) in [5, 5.41) is 2.09. The van der Waals surface area contributed by atoms with Crippen LogP contribution in [0.4, 0.5) is 0 Å². The van der Waals surface area contributed by atoms with Crippen LogP contribution in [0.1, 0.15) is 40.0 Å². The minimum absolute atomic E-state index is 0.0101. The van der Waals surface area contributed by atoms with Crippen LogP contribution >= 0.6 is 0 Å². The van der Waals surface area contributed by atoms with Gasteiger partial charge in [0.2, 0.25) is 0 Å². The number of hydrogen-bond donors (Lipinski definition) is 0. The van der Waals surface area contributed by atoms with E-state index in [4.69, 9.17) is 23.4 Å².